The molecular weight excluding hydrogens is 342 g/mol. The summed E-state index contributed by atoms with van der Waals surface area (Å²) in [5.74, 6) is 1.08. The molecule has 0 saturated carbocycles. The number of rotatable bonds is 12. The van der Waals surface area contributed by atoms with Crippen molar-refractivity contribution in [1.82, 2.24) is 0 Å². The largest absolute Gasteiger partial charge is 0.443 e. The van der Waals surface area contributed by atoms with E-state index in [1.54, 1.807) is 24.3 Å². The molecule has 4 nitrogen and oxygen atoms in total. The van der Waals surface area contributed by atoms with Crippen molar-refractivity contribution in [3.05, 3.63) is 24.3 Å². The van der Waals surface area contributed by atoms with Gasteiger partial charge in [0.15, 0.2) is 0 Å². The maximum Gasteiger partial charge on any atom is 0.247 e. The molecule has 24 heavy (non-hydrogen) atoms. The number of hydrogen-bond donors (Lipinski definition) is 0. The molecule has 0 heterocycles. The average molecular weight is 374 g/mol. The van der Waals surface area contributed by atoms with Crippen molar-refractivity contribution in [3.8, 4) is 11.5 Å². The van der Waals surface area contributed by atoms with Crippen molar-refractivity contribution in [3.63, 3.8) is 0 Å². The van der Waals surface area contributed by atoms with E-state index in [1.165, 1.54) is 0 Å². The molecule has 0 unspecified atom stereocenters. The second-order valence-corrected chi connectivity index (χ2v) is 11.6. The van der Waals surface area contributed by atoms with Gasteiger partial charge in [-0.1, -0.05) is 33.8 Å². The van der Waals surface area contributed by atoms with Crippen molar-refractivity contribution in [2.45, 2.75) is 53.4 Å². The van der Waals surface area contributed by atoms with E-state index in [1.807, 2.05) is 27.7 Å². The Kier molecular flexibility index (Phi) is 9.16. The minimum atomic E-state index is -2.66. The van der Waals surface area contributed by atoms with Crippen LogP contribution in [0.3, 0.4) is 0 Å². The molecule has 1 aromatic carbocycles. The minimum absolute atomic E-state index is 0.539. The monoisotopic (exact) mass is 374 g/mol. The zero-order valence-electron chi connectivity index (χ0n) is 15.5. The molecule has 0 saturated heterocycles. The number of hydrogen-bond acceptors (Lipinski definition) is 4. The number of benzene rings is 1. The van der Waals surface area contributed by atoms with Crippen LogP contribution in [0, 0.1) is 0 Å². The van der Waals surface area contributed by atoms with Crippen LogP contribution in [0.2, 0.25) is 0 Å². The SMILES string of the molecule is CCCP(=O)(CCC)Oc1cccc(OP(=O)(CCC)CCC)c1. The third kappa shape index (κ3) is 7.03. The predicted molar refractivity (Wildman–Crippen MR) is 104 cm³/mol. The second-order valence-electron chi connectivity index (χ2n) is 6.18. The van der Waals surface area contributed by atoms with Crippen molar-refractivity contribution in [1.29, 1.82) is 0 Å². The van der Waals surface area contributed by atoms with Crippen LogP contribution in [0.4, 0.5) is 0 Å². The summed E-state index contributed by atoms with van der Waals surface area (Å²) in [5.41, 5.74) is 0. The molecule has 0 radical (unpaired) electrons. The van der Waals surface area contributed by atoms with Crippen molar-refractivity contribution < 1.29 is 18.2 Å². The van der Waals surface area contributed by atoms with Gasteiger partial charge in [0.2, 0.25) is 14.7 Å². The van der Waals surface area contributed by atoms with E-state index in [4.69, 9.17) is 9.05 Å². The van der Waals surface area contributed by atoms with Crippen LogP contribution in [0.1, 0.15) is 53.4 Å². The molecule has 0 aliphatic heterocycles. The van der Waals surface area contributed by atoms with Crippen LogP contribution in [-0.2, 0) is 9.13 Å². The molecular formula is C18H32O4P2. The molecule has 6 heteroatoms. The minimum Gasteiger partial charge on any atom is -0.443 e. The third-order valence-electron chi connectivity index (χ3n) is 3.61. The van der Waals surface area contributed by atoms with Gasteiger partial charge in [-0.3, -0.25) is 9.13 Å². The zero-order valence-corrected chi connectivity index (χ0v) is 17.3. The van der Waals surface area contributed by atoms with Crippen molar-refractivity contribution in [2.24, 2.45) is 0 Å². The van der Waals surface area contributed by atoms with Crippen LogP contribution in [0.5, 0.6) is 11.5 Å². The normalized spacial score (nSPS) is 12.2. The summed E-state index contributed by atoms with van der Waals surface area (Å²) in [7, 11) is -5.32. The van der Waals surface area contributed by atoms with E-state index in [2.05, 4.69) is 0 Å². The van der Waals surface area contributed by atoms with Gasteiger partial charge in [-0.15, -0.1) is 0 Å². The van der Waals surface area contributed by atoms with Gasteiger partial charge in [-0.25, -0.2) is 0 Å². The molecule has 1 rings (SSSR count). The predicted octanol–water partition coefficient (Wildman–Crippen LogP) is 6.64. The van der Waals surface area contributed by atoms with Gasteiger partial charge in [0.05, 0.1) is 0 Å². The van der Waals surface area contributed by atoms with Gasteiger partial charge >= 0.3 is 0 Å². The van der Waals surface area contributed by atoms with Gasteiger partial charge < -0.3 is 9.05 Å². The molecule has 138 valence electrons. The van der Waals surface area contributed by atoms with Gasteiger partial charge in [0.25, 0.3) is 0 Å². The third-order valence-corrected chi connectivity index (χ3v) is 9.21. The smallest absolute Gasteiger partial charge is 0.247 e. The summed E-state index contributed by atoms with van der Waals surface area (Å²) in [6.07, 6.45) is 5.63. The zero-order chi connectivity index (χ0) is 18.1. The Morgan fingerprint density at radius 3 is 1.33 bits per heavy atom. The standard InChI is InChI=1S/C18H32O4P2/c1-5-12-23(19,13-6-2)21-17-10-9-11-18(16-17)22-24(20,14-7-3)15-8-4/h9-11,16H,5-8,12-15H2,1-4H3. The van der Waals surface area contributed by atoms with Crippen LogP contribution in [0.25, 0.3) is 0 Å². The topological polar surface area (TPSA) is 52.6 Å². The lowest BCUT2D eigenvalue weighted by atomic mass is 10.3. The Morgan fingerprint density at radius 2 is 1.04 bits per heavy atom. The molecule has 1 aromatic rings. The Bertz CT molecular complexity index is 519. The van der Waals surface area contributed by atoms with Gasteiger partial charge in [-0.2, -0.15) is 0 Å². The van der Waals surface area contributed by atoms with Crippen molar-refractivity contribution in [2.75, 3.05) is 24.6 Å². The highest BCUT2D eigenvalue weighted by atomic mass is 31.2. The van der Waals surface area contributed by atoms with E-state index in [-0.39, 0.29) is 0 Å². The van der Waals surface area contributed by atoms with Crippen LogP contribution >= 0.6 is 14.7 Å². The Balaban J connectivity index is 2.93. The van der Waals surface area contributed by atoms with E-state index >= 15 is 0 Å². The maximum atomic E-state index is 12.9. The first kappa shape index (κ1) is 21.3. The Labute approximate surface area is 147 Å². The highest BCUT2D eigenvalue weighted by Gasteiger charge is 2.24. The van der Waals surface area contributed by atoms with E-state index in [9.17, 15) is 9.13 Å². The summed E-state index contributed by atoms with van der Waals surface area (Å²) in [6, 6.07) is 7.09. The lowest BCUT2D eigenvalue weighted by molar-refractivity contribution is 0.469. The fourth-order valence-corrected chi connectivity index (χ4v) is 7.27. The van der Waals surface area contributed by atoms with Gasteiger partial charge in [0, 0.05) is 30.7 Å². The molecule has 0 bridgehead atoms. The molecule has 0 N–H and O–H groups in total. The van der Waals surface area contributed by atoms with Crippen LogP contribution in [-0.4, -0.2) is 24.6 Å². The molecule has 0 spiro atoms. The Morgan fingerprint density at radius 1 is 0.708 bits per heavy atom. The summed E-state index contributed by atoms with van der Waals surface area (Å²) < 4.78 is 37.4. The summed E-state index contributed by atoms with van der Waals surface area (Å²) in [6.45, 7) is 8.04. The molecule has 0 aliphatic carbocycles. The fraction of sp³-hybridized carbons (Fsp3) is 0.667. The molecule has 0 amide bonds. The highest BCUT2D eigenvalue weighted by Crippen LogP contribution is 2.51. The van der Waals surface area contributed by atoms with E-state index < -0.39 is 14.7 Å². The van der Waals surface area contributed by atoms with E-state index in [0.29, 0.717) is 36.1 Å². The average Bonchev–Trinajstić information content (AvgIpc) is 2.47. The summed E-state index contributed by atoms with van der Waals surface area (Å²) in [4.78, 5) is 0. The van der Waals surface area contributed by atoms with E-state index in [0.717, 1.165) is 25.7 Å². The summed E-state index contributed by atoms with van der Waals surface area (Å²) >= 11 is 0. The van der Waals surface area contributed by atoms with Crippen molar-refractivity contribution >= 4 is 14.7 Å². The second kappa shape index (κ2) is 10.3. The van der Waals surface area contributed by atoms with Crippen LogP contribution < -0.4 is 9.05 Å². The Hall–Kier alpha value is -0.720. The fourth-order valence-electron chi connectivity index (χ4n) is 2.74. The van der Waals surface area contributed by atoms with Gasteiger partial charge in [-0.05, 0) is 37.8 Å². The lowest BCUT2D eigenvalue weighted by Crippen LogP contribution is -2.03. The maximum absolute atomic E-state index is 12.9. The summed E-state index contributed by atoms with van der Waals surface area (Å²) in [5, 5.41) is 0. The quantitative estimate of drug-likeness (QED) is 0.385. The first-order valence-corrected chi connectivity index (χ1v) is 13.0. The van der Waals surface area contributed by atoms with Crippen LogP contribution in [0.15, 0.2) is 24.3 Å². The molecule has 0 aliphatic rings. The first-order chi connectivity index (χ1) is 11.4. The highest BCUT2D eigenvalue weighted by molar-refractivity contribution is 7.59. The lowest BCUT2D eigenvalue weighted by Gasteiger charge is -2.21. The first-order valence-electron chi connectivity index (χ1n) is 9.05. The molecule has 0 aromatic heterocycles. The molecule has 0 fully saturated rings. The van der Waals surface area contributed by atoms with Gasteiger partial charge in [0.1, 0.15) is 11.5 Å². The molecule has 0 atom stereocenters.